The fraction of sp³-hybridized carbons (Fsp3) is 0.594. The zero-order chi connectivity index (χ0) is 28.5. The monoisotopic (exact) mass is 566 g/mol. The third-order valence-electron chi connectivity index (χ3n) is 9.02. The van der Waals surface area contributed by atoms with Crippen LogP contribution in [-0.2, 0) is 19.1 Å². The van der Waals surface area contributed by atoms with Gasteiger partial charge in [0.2, 0.25) is 5.91 Å². The standard InChI is InChI=1S/C32H42N2O5S/c1-22-14-12-15-23(2)26(22)33-19-13-17-32-24(25-30(38)39-21-11-7-4-8-16-31(25,3)40-32)28(36)34(27(32)29(33)37)18-9-5-6-10-20-35/h8,12-17,24-25,27,35H,4-7,9-11,18-21H2,1-3H3/b16-8-/t24-,25+,27?,31-,32-/m0/s1. The van der Waals surface area contributed by atoms with Gasteiger partial charge in [-0.05, 0) is 64.0 Å². The summed E-state index contributed by atoms with van der Waals surface area (Å²) < 4.78 is 4.23. The van der Waals surface area contributed by atoms with Gasteiger partial charge in [-0.2, -0.15) is 0 Å². The molecule has 40 heavy (non-hydrogen) atoms. The van der Waals surface area contributed by atoms with Crippen molar-refractivity contribution in [3.8, 4) is 0 Å². The van der Waals surface area contributed by atoms with E-state index in [1.807, 2.05) is 49.9 Å². The number of aryl methyl sites for hydroxylation is 2. The first-order valence-corrected chi connectivity index (χ1v) is 15.6. The zero-order valence-electron chi connectivity index (χ0n) is 23.9. The van der Waals surface area contributed by atoms with E-state index < -0.39 is 27.4 Å². The lowest BCUT2D eigenvalue weighted by atomic mass is 9.74. The second-order valence-electron chi connectivity index (χ2n) is 11.8. The molecule has 4 aliphatic rings. The van der Waals surface area contributed by atoms with Crippen LogP contribution in [-0.4, -0.2) is 69.6 Å². The van der Waals surface area contributed by atoms with Crippen LogP contribution in [0.2, 0.25) is 0 Å². The molecule has 1 aromatic rings. The minimum Gasteiger partial charge on any atom is -0.465 e. The number of para-hydroxylation sites is 1. The molecule has 2 amide bonds. The molecule has 7 nitrogen and oxygen atoms in total. The molecule has 0 aromatic heterocycles. The van der Waals surface area contributed by atoms with Crippen LogP contribution in [0.15, 0.2) is 42.5 Å². The number of cyclic esters (lactones) is 1. The maximum absolute atomic E-state index is 14.7. The van der Waals surface area contributed by atoms with Crippen molar-refractivity contribution in [2.24, 2.45) is 11.8 Å². The van der Waals surface area contributed by atoms with Crippen molar-refractivity contribution >= 4 is 35.2 Å². The second-order valence-corrected chi connectivity index (χ2v) is 13.6. The van der Waals surface area contributed by atoms with Gasteiger partial charge >= 0.3 is 5.97 Å². The number of fused-ring (bicyclic) bond motifs is 2. The molecule has 1 aromatic carbocycles. The number of nitrogens with zero attached hydrogens (tertiary/aromatic N) is 2. The fourth-order valence-electron chi connectivity index (χ4n) is 7.22. The van der Waals surface area contributed by atoms with E-state index >= 15 is 0 Å². The van der Waals surface area contributed by atoms with Crippen molar-refractivity contribution in [3.05, 3.63) is 53.6 Å². The van der Waals surface area contributed by atoms with Crippen molar-refractivity contribution in [3.63, 3.8) is 0 Å². The lowest BCUT2D eigenvalue weighted by molar-refractivity contribution is -0.154. The minimum atomic E-state index is -0.874. The number of carbonyl (C=O) groups excluding carboxylic acids is 3. The third-order valence-corrected chi connectivity index (χ3v) is 10.8. The highest BCUT2D eigenvalue weighted by atomic mass is 32.2. The maximum atomic E-state index is 14.7. The van der Waals surface area contributed by atoms with Gasteiger partial charge in [0.25, 0.3) is 5.91 Å². The summed E-state index contributed by atoms with van der Waals surface area (Å²) in [7, 11) is 0. The maximum Gasteiger partial charge on any atom is 0.311 e. The Bertz CT molecular complexity index is 1190. The van der Waals surface area contributed by atoms with Gasteiger partial charge in [-0.3, -0.25) is 14.4 Å². The summed E-state index contributed by atoms with van der Waals surface area (Å²) in [5, 5.41) is 9.20. The van der Waals surface area contributed by atoms with E-state index in [0.717, 1.165) is 61.8 Å². The number of carbonyl (C=O) groups is 3. The number of thioether (sulfide) groups is 1. The molecule has 4 aliphatic heterocycles. The van der Waals surface area contributed by atoms with Crippen LogP contribution in [0.25, 0.3) is 0 Å². The summed E-state index contributed by atoms with van der Waals surface area (Å²) in [5.74, 6) is -1.91. The van der Waals surface area contributed by atoms with Crippen molar-refractivity contribution in [2.75, 3.05) is 31.2 Å². The molecule has 1 N–H and O–H groups in total. The van der Waals surface area contributed by atoms with Gasteiger partial charge in [0.05, 0.1) is 23.2 Å². The molecule has 5 atom stereocenters. The Labute approximate surface area is 242 Å². The molecule has 2 saturated heterocycles. The lowest BCUT2D eigenvalue weighted by Crippen LogP contribution is -2.53. The molecule has 0 bridgehead atoms. The van der Waals surface area contributed by atoms with Gasteiger partial charge in [-0.25, -0.2) is 0 Å². The Hall–Kier alpha value is -2.58. The predicted molar refractivity (Wildman–Crippen MR) is 158 cm³/mol. The van der Waals surface area contributed by atoms with Gasteiger partial charge < -0.3 is 19.6 Å². The van der Waals surface area contributed by atoms with Crippen LogP contribution in [0.4, 0.5) is 5.69 Å². The highest BCUT2D eigenvalue weighted by Gasteiger charge is 2.73. The van der Waals surface area contributed by atoms with Crippen LogP contribution in [0, 0.1) is 25.7 Å². The van der Waals surface area contributed by atoms with Gasteiger partial charge in [0, 0.05) is 30.1 Å². The molecule has 2 fully saturated rings. The Balaban J connectivity index is 1.59. The van der Waals surface area contributed by atoms with Gasteiger partial charge in [0.1, 0.15) is 6.04 Å². The quantitative estimate of drug-likeness (QED) is 0.292. The highest BCUT2D eigenvalue weighted by molar-refractivity contribution is 8.02. The lowest BCUT2D eigenvalue weighted by Gasteiger charge is -2.37. The van der Waals surface area contributed by atoms with Crippen LogP contribution >= 0.6 is 11.8 Å². The molecular weight excluding hydrogens is 524 g/mol. The largest absolute Gasteiger partial charge is 0.465 e. The molecule has 0 aliphatic carbocycles. The topological polar surface area (TPSA) is 87.2 Å². The number of esters is 1. The van der Waals surface area contributed by atoms with E-state index in [2.05, 4.69) is 18.2 Å². The summed E-state index contributed by atoms with van der Waals surface area (Å²) in [6, 6.07) is 5.30. The van der Waals surface area contributed by atoms with E-state index in [1.54, 1.807) is 16.7 Å². The number of hydrogen-bond donors (Lipinski definition) is 1. The van der Waals surface area contributed by atoms with Gasteiger partial charge in [0.15, 0.2) is 0 Å². The zero-order valence-corrected chi connectivity index (χ0v) is 24.8. The van der Waals surface area contributed by atoms with Crippen molar-refractivity contribution in [2.45, 2.75) is 81.3 Å². The molecule has 8 heteroatoms. The minimum absolute atomic E-state index is 0.0919. The highest BCUT2D eigenvalue weighted by Crippen LogP contribution is 2.65. The summed E-state index contributed by atoms with van der Waals surface area (Å²) in [5.41, 5.74) is 2.92. The first-order chi connectivity index (χ1) is 19.2. The number of ether oxygens (including phenoxy) is 1. The summed E-state index contributed by atoms with van der Waals surface area (Å²) >= 11 is 1.60. The smallest absolute Gasteiger partial charge is 0.311 e. The van der Waals surface area contributed by atoms with E-state index in [1.165, 1.54) is 0 Å². The number of unbranched alkanes of at least 4 members (excludes halogenated alkanes) is 3. The number of aliphatic hydroxyl groups excluding tert-OH is 1. The van der Waals surface area contributed by atoms with Gasteiger partial charge in [-0.1, -0.05) is 55.3 Å². The van der Waals surface area contributed by atoms with Crippen molar-refractivity contribution in [1.82, 2.24) is 4.90 Å². The normalized spacial score (nSPS) is 32.8. The van der Waals surface area contributed by atoms with Crippen molar-refractivity contribution < 1.29 is 24.2 Å². The molecule has 216 valence electrons. The van der Waals surface area contributed by atoms with Gasteiger partial charge in [-0.15, -0.1) is 11.8 Å². The SMILES string of the molecule is Cc1cccc(C)c1N1CC=C[C@]23S[C@@]4(C)/C=C\CCCCOC(=O)[C@H]4[C@H]2C(=O)N(CCCCCCO)C3C1=O. The molecular formula is C32H42N2O5S. The Morgan fingerprint density at radius 3 is 2.48 bits per heavy atom. The van der Waals surface area contributed by atoms with E-state index in [4.69, 9.17) is 4.74 Å². The number of amides is 2. The number of likely N-dealkylation sites (tertiary alicyclic amines) is 1. The number of benzene rings is 1. The molecule has 0 saturated carbocycles. The first-order valence-electron chi connectivity index (χ1n) is 14.8. The summed E-state index contributed by atoms with van der Waals surface area (Å²) in [6.07, 6.45) is 14.1. The number of rotatable bonds is 7. The molecule has 1 unspecified atom stereocenters. The fourth-order valence-corrected chi connectivity index (χ4v) is 9.37. The predicted octanol–water partition coefficient (Wildman–Crippen LogP) is 4.73. The number of aliphatic hydroxyl groups is 1. The number of allylic oxidation sites excluding steroid dienone is 1. The Morgan fingerprint density at radius 2 is 1.73 bits per heavy atom. The number of anilines is 1. The molecule has 1 spiro atoms. The van der Waals surface area contributed by atoms with E-state index in [0.29, 0.717) is 19.7 Å². The number of hydrogen-bond acceptors (Lipinski definition) is 6. The second kappa shape index (κ2) is 11.7. The van der Waals surface area contributed by atoms with Crippen LogP contribution in [0.3, 0.4) is 0 Å². The van der Waals surface area contributed by atoms with Crippen molar-refractivity contribution in [1.29, 1.82) is 0 Å². The van der Waals surface area contributed by atoms with E-state index in [9.17, 15) is 19.5 Å². The molecule has 5 rings (SSSR count). The van der Waals surface area contributed by atoms with Crippen LogP contribution in [0.1, 0.15) is 63.0 Å². The summed E-state index contributed by atoms with van der Waals surface area (Å²) in [6.45, 7) is 7.42. The molecule has 0 radical (unpaired) electrons. The Morgan fingerprint density at radius 1 is 0.975 bits per heavy atom. The Kier molecular flexibility index (Phi) is 8.48. The van der Waals surface area contributed by atoms with Crippen LogP contribution < -0.4 is 4.90 Å². The first kappa shape index (κ1) is 28.9. The summed E-state index contributed by atoms with van der Waals surface area (Å²) in [4.78, 5) is 46.4. The average molecular weight is 567 g/mol. The van der Waals surface area contributed by atoms with E-state index in [-0.39, 0.29) is 24.4 Å². The molecule has 4 heterocycles. The average Bonchev–Trinajstić information content (AvgIpc) is 3.24. The van der Waals surface area contributed by atoms with Crippen LogP contribution in [0.5, 0.6) is 0 Å². The third kappa shape index (κ3) is 4.91.